The van der Waals surface area contributed by atoms with Crippen LogP contribution in [0.2, 0.25) is 0 Å². The van der Waals surface area contributed by atoms with E-state index in [1.807, 2.05) is 0 Å². The molecule has 12 heavy (non-hydrogen) atoms. The highest BCUT2D eigenvalue weighted by Gasteiger charge is 1.91. The molecule has 1 heterocycles. The van der Waals surface area contributed by atoms with Gasteiger partial charge in [-0.05, 0) is 18.2 Å². The maximum atomic E-state index is 9.98. The van der Waals surface area contributed by atoms with E-state index in [1.165, 1.54) is 0 Å². The van der Waals surface area contributed by atoms with Crippen molar-refractivity contribution in [1.82, 2.24) is 4.98 Å². The first kappa shape index (κ1) is 8.46. The largest absolute Gasteiger partial charge is 0.397 e. The number of allylic oxidation sites excluding steroid dienone is 1. The van der Waals surface area contributed by atoms with Crippen molar-refractivity contribution in [1.29, 1.82) is 0 Å². The second kappa shape index (κ2) is 4.28. The van der Waals surface area contributed by atoms with Crippen LogP contribution >= 0.6 is 0 Å². The number of aldehydes is 1. The first-order chi connectivity index (χ1) is 5.84. The number of carbonyl (C=O) groups excluding carboxylic acids is 1. The van der Waals surface area contributed by atoms with Crippen molar-refractivity contribution in [3.8, 4) is 0 Å². The van der Waals surface area contributed by atoms with E-state index >= 15 is 0 Å². The van der Waals surface area contributed by atoms with E-state index in [9.17, 15) is 4.79 Å². The molecule has 0 spiro atoms. The molecule has 0 aromatic carbocycles. The molecule has 3 heteroatoms. The highest BCUT2D eigenvalue weighted by Crippen LogP contribution is 2.08. The summed E-state index contributed by atoms with van der Waals surface area (Å²) in [7, 11) is 0. The minimum Gasteiger partial charge on any atom is -0.397 e. The highest BCUT2D eigenvalue weighted by molar-refractivity contribution is 5.63. The van der Waals surface area contributed by atoms with E-state index in [0.717, 1.165) is 6.29 Å². The molecule has 3 nitrogen and oxygen atoms in total. The lowest BCUT2D eigenvalue weighted by atomic mass is 10.2. The van der Waals surface area contributed by atoms with Gasteiger partial charge in [0.05, 0.1) is 11.4 Å². The van der Waals surface area contributed by atoms with Gasteiger partial charge in [0.25, 0.3) is 0 Å². The smallest absolute Gasteiger partial charge is 0.123 e. The minimum absolute atomic E-state index is 0.399. The summed E-state index contributed by atoms with van der Waals surface area (Å²) >= 11 is 0. The second-order valence-corrected chi connectivity index (χ2v) is 2.28. The van der Waals surface area contributed by atoms with Crippen LogP contribution in [0, 0.1) is 0 Å². The SMILES string of the molecule is Nc1cccnc1C=CCC=O. The molecule has 0 bridgehead atoms. The summed E-state index contributed by atoms with van der Waals surface area (Å²) < 4.78 is 0. The van der Waals surface area contributed by atoms with Gasteiger partial charge < -0.3 is 10.5 Å². The fourth-order valence-electron chi connectivity index (χ4n) is 0.804. The number of nitrogens with two attached hydrogens (primary N) is 1. The summed E-state index contributed by atoms with van der Waals surface area (Å²) in [5, 5.41) is 0. The zero-order valence-corrected chi connectivity index (χ0v) is 6.60. The maximum absolute atomic E-state index is 9.98. The van der Waals surface area contributed by atoms with Gasteiger partial charge in [-0.25, -0.2) is 0 Å². The van der Waals surface area contributed by atoms with Gasteiger partial charge in [-0.3, -0.25) is 4.98 Å². The molecular formula is C9H10N2O. The summed E-state index contributed by atoms with van der Waals surface area (Å²) in [5.74, 6) is 0. The van der Waals surface area contributed by atoms with Crippen molar-refractivity contribution in [3.05, 3.63) is 30.1 Å². The molecule has 1 aromatic heterocycles. The number of rotatable bonds is 3. The van der Waals surface area contributed by atoms with Crippen molar-refractivity contribution in [2.45, 2.75) is 6.42 Å². The zero-order valence-electron chi connectivity index (χ0n) is 6.60. The van der Waals surface area contributed by atoms with Crippen LogP contribution in [0.3, 0.4) is 0 Å². The number of pyridine rings is 1. The molecule has 62 valence electrons. The second-order valence-electron chi connectivity index (χ2n) is 2.28. The summed E-state index contributed by atoms with van der Waals surface area (Å²) in [6.07, 6.45) is 6.36. The number of carbonyl (C=O) groups is 1. The minimum atomic E-state index is 0.399. The van der Waals surface area contributed by atoms with Crippen molar-refractivity contribution in [2.24, 2.45) is 0 Å². The third-order valence-electron chi connectivity index (χ3n) is 1.38. The van der Waals surface area contributed by atoms with Crippen LogP contribution in [-0.2, 0) is 4.79 Å². The average Bonchev–Trinajstić information content (AvgIpc) is 2.09. The first-order valence-electron chi connectivity index (χ1n) is 3.65. The Bertz CT molecular complexity index is 294. The molecule has 0 aliphatic heterocycles. The topological polar surface area (TPSA) is 56.0 Å². The van der Waals surface area contributed by atoms with Crippen LogP contribution in [0.5, 0.6) is 0 Å². The Hall–Kier alpha value is -1.64. The molecule has 1 rings (SSSR count). The van der Waals surface area contributed by atoms with Gasteiger partial charge in [-0.1, -0.05) is 6.08 Å². The summed E-state index contributed by atoms with van der Waals surface area (Å²) in [5.41, 5.74) is 6.93. The fraction of sp³-hybridized carbons (Fsp3) is 0.111. The van der Waals surface area contributed by atoms with Crippen molar-refractivity contribution in [2.75, 3.05) is 5.73 Å². The lowest BCUT2D eigenvalue weighted by Crippen LogP contribution is -1.90. The Morgan fingerprint density at radius 1 is 1.58 bits per heavy atom. The van der Waals surface area contributed by atoms with E-state index in [0.29, 0.717) is 17.8 Å². The molecule has 0 saturated carbocycles. The average molecular weight is 162 g/mol. The predicted octanol–water partition coefficient (Wildman–Crippen LogP) is 1.27. The van der Waals surface area contributed by atoms with Crippen LogP contribution in [0.4, 0.5) is 5.69 Å². The number of hydrogen-bond donors (Lipinski definition) is 1. The molecule has 0 radical (unpaired) electrons. The van der Waals surface area contributed by atoms with E-state index in [1.54, 1.807) is 30.5 Å². The third-order valence-corrected chi connectivity index (χ3v) is 1.38. The summed E-state index contributed by atoms with van der Waals surface area (Å²) in [6.45, 7) is 0. The van der Waals surface area contributed by atoms with Crippen molar-refractivity contribution in [3.63, 3.8) is 0 Å². The van der Waals surface area contributed by atoms with Crippen LogP contribution in [0.15, 0.2) is 24.4 Å². The summed E-state index contributed by atoms with van der Waals surface area (Å²) in [6, 6.07) is 3.54. The van der Waals surface area contributed by atoms with Crippen LogP contribution in [0.25, 0.3) is 6.08 Å². The molecule has 0 fully saturated rings. The van der Waals surface area contributed by atoms with Crippen LogP contribution in [-0.4, -0.2) is 11.3 Å². The van der Waals surface area contributed by atoms with Gasteiger partial charge in [0.15, 0.2) is 0 Å². The molecule has 1 aromatic rings. The van der Waals surface area contributed by atoms with Gasteiger partial charge in [-0.15, -0.1) is 0 Å². The van der Waals surface area contributed by atoms with Crippen LogP contribution < -0.4 is 5.73 Å². The number of anilines is 1. The first-order valence-corrected chi connectivity index (χ1v) is 3.65. The number of aromatic nitrogens is 1. The molecule has 2 N–H and O–H groups in total. The van der Waals surface area contributed by atoms with Crippen LogP contribution in [0.1, 0.15) is 12.1 Å². The van der Waals surface area contributed by atoms with Gasteiger partial charge in [0, 0.05) is 12.6 Å². The predicted molar refractivity (Wildman–Crippen MR) is 48.4 cm³/mol. The molecule has 0 atom stereocenters. The number of nitrogens with zero attached hydrogens (tertiary/aromatic N) is 1. The molecule has 0 unspecified atom stereocenters. The highest BCUT2D eigenvalue weighted by atomic mass is 16.1. The molecule has 0 saturated heterocycles. The fourth-order valence-corrected chi connectivity index (χ4v) is 0.804. The Balaban J connectivity index is 2.74. The van der Waals surface area contributed by atoms with E-state index in [2.05, 4.69) is 4.98 Å². The molecular weight excluding hydrogens is 152 g/mol. The maximum Gasteiger partial charge on any atom is 0.123 e. The van der Waals surface area contributed by atoms with Gasteiger partial charge in [0.2, 0.25) is 0 Å². The molecule has 0 aliphatic rings. The van der Waals surface area contributed by atoms with E-state index in [4.69, 9.17) is 5.73 Å². The number of nitrogen functional groups attached to an aromatic ring is 1. The normalized spacial score (nSPS) is 10.3. The van der Waals surface area contributed by atoms with E-state index in [-0.39, 0.29) is 0 Å². The number of hydrogen-bond acceptors (Lipinski definition) is 3. The standard InChI is InChI=1S/C9H10N2O/c10-8-4-3-6-11-9(8)5-1-2-7-12/h1,3-7H,2,10H2. The monoisotopic (exact) mass is 162 g/mol. The van der Waals surface area contributed by atoms with Gasteiger partial charge >= 0.3 is 0 Å². The van der Waals surface area contributed by atoms with Crippen molar-refractivity contribution >= 4 is 18.0 Å². The quantitative estimate of drug-likeness (QED) is 0.681. The van der Waals surface area contributed by atoms with Gasteiger partial charge in [-0.2, -0.15) is 0 Å². The Kier molecular flexibility index (Phi) is 3.02. The summed E-state index contributed by atoms with van der Waals surface area (Å²) in [4.78, 5) is 14.0. The van der Waals surface area contributed by atoms with E-state index < -0.39 is 0 Å². The molecule has 0 amide bonds. The Labute approximate surface area is 70.9 Å². The molecule has 0 aliphatic carbocycles. The van der Waals surface area contributed by atoms with Gasteiger partial charge in [0.1, 0.15) is 6.29 Å². The zero-order chi connectivity index (χ0) is 8.81. The Morgan fingerprint density at radius 2 is 2.42 bits per heavy atom. The lowest BCUT2D eigenvalue weighted by Gasteiger charge is -1.95. The van der Waals surface area contributed by atoms with Crippen molar-refractivity contribution < 1.29 is 4.79 Å². The third kappa shape index (κ3) is 2.20. The lowest BCUT2D eigenvalue weighted by molar-refractivity contribution is -0.107. The Morgan fingerprint density at radius 3 is 3.08 bits per heavy atom.